The van der Waals surface area contributed by atoms with Gasteiger partial charge in [0.25, 0.3) is 5.91 Å². The quantitative estimate of drug-likeness (QED) is 0.770. The highest BCUT2D eigenvalue weighted by molar-refractivity contribution is 9.10. The number of hydrogen-bond donors (Lipinski definition) is 3. The fourth-order valence-electron chi connectivity index (χ4n) is 2.02. The lowest BCUT2D eigenvalue weighted by molar-refractivity contribution is -0.142. The normalized spacial score (nSPS) is 22.2. The number of benzene rings is 1. The van der Waals surface area contributed by atoms with Crippen LogP contribution in [0.4, 0.5) is 5.69 Å². The predicted octanol–water partition coefficient (Wildman–Crippen LogP) is 1.20. The van der Waals surface area contributed by atoms with E-state index in [2.05, 4.69) is 21.2 Å². The molecule has 1 unspecified atom stereocenters. The Morgan fingerprint density at radius 3 is 2.74 bits per heavy atom. The number of aliphatic carboxylic acids is 1. The highest BCUT2D eigenvalue weighted by Crippen LogP contribution is 2.30. The summed E-state index contributed by atoms with van der Waals surface area (Å²) in [6.45, 7) is 0.409. The summed E-state index contributed by atoms with van der Waals surface area (Å²) >= 11 is 3.23. The average molecular weight is 329 g/mol. The molecule has 1 heterocycles. The van der Waals surface area contributed by atoms with Gasteiger partial charge in [0, 0.05) is 23.2 Å². The van der Waals surface area contributed by atoms with E-state index in [0.29, 0.717) is 23.2 Å². The van der Waals surface area contributed by atoms with Gasteiger partial charge in [-0.3, -0.25) is 4.79 Å². The zero-order valence-electron chi connectivity index (χ0n) is 9.98. The first-order chi connectivity index (χ1) is 8.96. The fraction of sp³-hybridized carbons (Fsp3) is 0.333. The first kappa shape index (κ1) is 13.8. The number of ether oxygens (including phenoxy) is 1. The molecule has 1 fully saturated rings. The Kier molecular flexibility index (Phi) is 3.77. The Balaban J connectivity index is 2.40. The van der Waals surface area contributed by atoms with E-state index >= 15 is 0 Å². The van der Waals surface area contributed by atoms with Crippen molar-refractivity contribution in [1.29, 1.82) is 0 Å². The number of nitrogens with one attached hydrogen (secondary N) is 1. The number of nitrogens with two attached hydrogens (primary N) is 1. The molecule has 1 aliphatic rings. The molecule has 1 aromatic rings. The molecule has 0 radical (unpaired) electrons. The average Bonchev–Trinajstić information content (AvgIpc) is 2.78. The highest BCUT2D eigenvalue weighted by Gasteiger charge is 2.43. The molecule has 2 rings (SSSR count). The van der Waals surface area contributed by atoms with E-state index in [9.17, 15) is 14.7 Å². The summed E-state index contributed by atoms with van der Waals surface area (Å²) in [5, 5.41) is 12.2. The highest BCUT2D eigenvalue weighted by atomic mass is 79.9. The molecule has 6 nitrogen and oxygen atoms in total. The minimum absolute atomic E-state index is 0.0487. The fourth-order valence-corrected chi connectivity index (χ4v) is 2.58. The van der Waals surface area contributed by atoms with Crippen LogP contribution in [0.1, 0.15) is 16.8 Å². The number of hydrogen-bond acceptors (Lipinski definition) is 4. The van der Waals surface area contributed by atoms with Gasteiger partial charge in [-0.15, -0.1) is 0 Å². The first-order valence-corrected chi connectivity index (χ1v) is 6.43. The summed E-state index contributed by atoms with van der Waals surface area (Å²) in [6.07, 6.45) is 0.326. The topological polar surface area (TPSA) is 102 Å². The summed E-state index contributed by atoms with van der Waals surface area (Å²) < 4.78 is 5.67. The second-order valence-corrected chi connectivity index (χ2v) is 5.20. The summed E-state index contributed by atoms with van der Waals surface area (Å²) in [5.41, 5.74) is 4.72. The zero-order chi connectivity index (χ0) is 14.0. The van der Waals surface area contributed by atoms with Crippen LogP contribution >= 0.6 is 15.9 Å². The van der Waals surface area contributed by atoms with E-state index in [1.165, 1.54) is 0 Å². The van der Waals surface area contributed by atoms with Crippen molar-refractivity contribution >= 4 is 33.5 Å². The number of anilines is 1. The van der Waals surface area contributed by atoms with Crippen LogP contribution < -0.4 is 11.1 Å². The monoisotopic (exact) mass is 328 g/mol. The second-order valence-electron chi connectivity index (χ2n) is 4.34. The van der Waals surface area contributed by atoms with Gasteiger partial charge >= 0.3 is 5.97 Å². The number of carbonyl (C=O) groups is 2. The smallest absolute Gasteiger partial charge is 0.331 e. The lowest BCUT2D eigenvalue weighted by atomic mass is 9.97. The number of rotatable bonds is 4. The second kappa shape index (κ2) is 5.18. The Hall–Kier alpha value is -1.60. The molecule has 102 valence electrons. The summed E-state index contributed by atoms with van der Waals surface area (Å²) in [7, 11) is 0. The third-order valence-corrected chi connectivity index (χ3v) is 3.73. The molecule has 0 bridgehead atoms. The van der Waals surface area contributed by atoms with E-state index in [1.807, 2.05) is 0 Å². The molecule has 1 amide bonds. The molecule has 0 saturated carbocycles. The maximum absolute atomic E-state index is 11.5. The van der Waals surface area contributed by atoms with Crippen LogP contribution in [0.15, 0.2) is 22.7 Å². The van der Waals surface area contributed by atoms with E-state index in [-0.39, 0.29) is 12.2 Å². The van der Waals surface area contributed by atoms with E-state index in [1.54, 1.807) is 18.2 Å². The van der Waals surface area contributed by atoms with Crippen molar-refractivity contribution in [2.75, 3.05) is 18.5 Å². The van der Waals surface area contributed by atoms with Gasteiger partial charge in [-0.1, -0.05) is 6.07 Å². The van der Waals surface area contributed by atoms with Gasteiger partial charge < -0.3 is 20.9 Å². The van der Waals surface area contributed by atoms with Crippen molar-refractivity contribution in [2.45, 2.75) is 12.0 Å². The lowest BCUT2D eigenvalue weighted by Crippen LogP contribution is -2.47. The van der Waals surface area contributed by atoms with Crippen molar-refractivity contribution in [3.8, 4) is 0 Å². The maximum Gasteiger partial charge on any atom is 0.331 e. The number of carbonyl (C=O) groups excluding carboxylic acids is 1. The Morgan fingerprint density at radius 2 is 2.21 bits per heavy atom. The molecular weight excluding hydrogens is 316 g/mol. The van der Waals surface area contributed by atoms with Crippen molar-refractivity contribution in [2.24, 2.45) is 5.73 Å². The number of carboxylic acid groups (broad SMARTS) is 1. The molecule has 1 saturated heterocycles. The van der Waals surface area contributed by atoms with Gasteiger partial charge in [-0.2, -0.15) is 0 Å². The number of carboxylic acids is 1. The van der Waals surface area contributed by atoms with Crippen LogP contribution in [0, 0.1) is 0 Å². The van der Waals surface area contributed by atoms with Gasteiger partial charge in [0.2, 0.25) is 0 Å². The van der Waals surface area contributed by atoms with E-state index in [0.717, 1.165) is 0 Å². The van der Waals surface area contributed by atoms with Gasteiger partial charge in [0.1, 0.15) is 0 Å². The van der Waals surface area contributed by atoms with Crippen LogP contribution in [0.25, 0.3) is 0 Å². The van der Waals surface area contributed by atoms with Crippen molar-refractivity contribution in [1.82, 2.24) is 0 Å². The van der Waals surface area contributed by atoms with Crippen LogP contribution in [0.2, 0.25) is 0 Å². The molecule has 1 aliphatic heterocycles. The maximum atomic E-state index is 11.5. The summed E-state index contributed by atoms with van der Waals surface area (Å²) in [5.74, 6) is -1.64. The minimum atomic E-state index is -1.22. The SMILES string of the molecule is NC(=O)c1c(Br)cccc1NC1(C(=O)O)CCOC1. The van der Waals surface area contributed by atoms with E-state index < -0.39 is 17.4 Å². The number of primary amides is 1. The van der Waals surface area contributed by atoms with Crippen molar-refractivity contribution in [3.63, 3.8) is 0 Å². The third kappa shape index (κ3) is 2.57. The summed E-state index contributed by atoms with van der Waals surface area (Å²) in [4.78, 5) is 22.9. The van der Waals surface area contributed by atoms with Gasteiger partial charge in [0.05, 0.1) is 12.2 Å². The number of halogens is 1. The minimum Gasteiger partial charge on any atom is -0.479 e. The Bertz CT molecular complexity index is 526. The van der Waals surface area contributed by atoms with Gasteiger partial charge in [-0.25, -0.2) is 4.79 Å². The molecule has 0 spiro atoms. The summed E-state index contributed by atoms with van der Waals surface area (Å²) in [6, 6.07) is 4.99. The van der Waals surface area contributed by atoms with Crippen molar-refractivity contribution < 1.29 is 19.4 Å². The largest absolute Gasteiger partial charge is 0.479 e. The van der Waals surface area contributed by atoms with Crippen LogP contribution in [-0.4, -0.2) is 35.7 Å². The number of amides is 1. The van der Waals surface area contributed by atoms with Crippen LogP contribution in [-0.2, 0) is 9.53 Å². The van der Waals surface area contributed by atoms with E-state index in [4.69, 9.17) is 10.5 Å². The van der Waals surface area contributed by atoms with Crippen LogP contribution in [0.5, 0.6) is 0 Å². The van der Waals surface area contributed by atoms with Crippen molar-refractivity contribution in [3.05, 3.63) is 28.2 Å². The van der Waals surface area contributed by atoms with Crippen LogP contribution in [0.3, 0.4) is 0 Å². The molecule has 7 heteroatoms. The lowest BCUT2D eigenvalue weighted by Gasteiger charge is -2.26. The molecule has 1 atom stereocenters. The molecular formula is C12H13BrN2O4. The predicted molar refractivity (Wildman–Crippen MR) is 72.1 cm³/mol. The first-order valence-electron chi connectivity index (χ1n) is 5.64. The van der Waals surface area contributed by atoms with Gasteiger partial charge in [0.15, 0.2) is 5.54 Å². The van der Waals surface area contributed by atoms with Gasteiger partial charge in [-0.05, 0) is 28.1 Å². The third-order valence-electron chi connectivity index (χ3n) is 3.06. The Morgan fingerprint density at radius 1 is 1.47 bits per heavy atom. The molecule has 4 N–H and O–H groups in total. The zero-order valence-corrected chi connectivity index (χ0v) is 11.6. The standard InChI is InChI=1S/C12H13BrN2O4/c13-7-2-1-3-8(9(7)10(14)16)15-12(11(17)18)4-5-19-6-12/h1-3,15H,4-6H2,(H2,14,16)(H,17,18). The molecule has 0 aromatic heterocycles. The molecule has 0 aliphatic carbocycles. The molecule has 1 aromatic carbocycles. The Labute approximate surface area is 118 Å². The molecule has 19 heavy (non-hydrogen) atoms.